The number of fused-ring (bicyclic) bond motifs is 2. The number of likely N-dealkylation sites (tertiary alicyclic amines) is 1. The Labute approximate surface area is 319 Å². The van der Waals surface area contributed by atoms with Crippen LogP contribution in [0.2, 0.25) is 0 Å². The van der Waals surface area contributed by atoms with E-state index >= 15 is 0 Å². The first kappa shape index (κ1) is 37.4. The summed E-state index contributed by atoms with van der Waals surface area (Å²) in [6.45, 7) is 4.49. The van der Waals surface area contributed by atoms with Crippen LogP contribution in [0.4, 0.5) is 24.5 Å². The lowest BCUT2D eigenvalue weighted by Crippen LogP contribution is -2.53. The fraction of sp³-hybridized carbons (Fsp3) is 0.436. The molecule has 3 fully saturated rings. The molecule has 14 nitrogen and oxygen atoms in total. The van der Waals surface area contributed by atoms with E-state index < -0.39 is 41.9 Å². The minimum absolute atomic E-state index is 0.114. The number of pyridine rings is 1. The number of alkyl halides is 3. The molecule has 4 aliphatic rings. The number of benzene rings is 2. The number of nitrogens with one attached hydrogen (secondary N) is 2. The van der Waals surface area contributed by atoms with E-state index in [0.29, 0.717) is 34.0 Å². The Morgan fingerprint density at radius 2 is 1.77 bits per heavy atom. The summed E-state index contributed by atoms with van der Waals surface area (Å²) in [7, 11) is 1.44. The van der Waals surface area contributed by atoms with Crippen molar-refractivity contribution in [2.45, 2.75) is 63.0 Å². The van der Waals surface area contributed by atoms with Gasteiger partial charge in [-0.15, -0.1) is 0 Å². The zero-order valence-corrected chi connectivity index (χ0v) is 30.6. The van der Waals surface area contributed by atoms with Crippen LogP contribution in [0.5, 0.6) is 5.75 Å². The fourth-order valence-electron chi connectivity index (χ4n) is 8.35. The SMILES string of the molecule is COc1cc2nn(C3CCN(CC4CCN(c5ccc6c(c5)C(O)N(C5CCC(=O)NC5=O)C6=O)CC4)CC3)cc2cc1NC(=O)c1cccc(C(F)(F)F)n1. The molecule has 3 saturated heterocycles. The van der Waals surface area contributed by atoms with Crippen LogP contribution in [-0.2, 0) is 15.8 Å². The lowest BCUT2D eigenvalue weighted by atomic mass is 9.94. The summed E-state index contributed by atoms with van der Waals surface area (Å²) in [6, 6.07) is 11.3. The van der Waals surface area contributed by atoms with Crippen molar-refractivity contribution in [2.24, 2.45) is 5.92 Å². The van der Waals surface area contributed by atoms with Crippen molar-refractivity contribution in [3.63, 3.8) is 0 Å². The summed E-state index contributed by atoms with van der Waals surface area (Å²) < 4.78 is 46.9. The predicted octanol–water partition coefficient (Wildman–Crippen LogP) is 4.52. The van der Waals surface area contributed by atoms with Gasteiger partial charge in [-0.25, -0.2) is 4.98 Å². The monoisotopic (exact) mass is 774 g/mol. The Bertz CT molecular complexity index is 2190. The third-order valence-corrected chi connectivity index (χ3v) is 11.4. The van der Waals surface area contributed by atoms with E-state index in [1.807, 2.05) is 23.0 Å². The summed E-state index contributed by atoms with van der Waals surface area (Å²) in [6.07, 6.45) is 0.0793. The van der Waals surface area contributed by atoms with Gasteiger partial charge in [0.1, 0.15) is 23.2 Å². The van der Waals surface area contributed by atoms with E-state index in [9.17, 15) is 37.5 Å². The van der Waals surface area contributed by atoms with Gasteiger partial charge in [-0.05, 0) is 74.4 Å². The van der Waals surface area contributed by atoms with E-state index in [0.717, 1.165) is 81.6 Å². The number of hydrogen-bond donors (Lipinski definition) is 3. The highest BCUT2D eigenvalue weighted by atomic mass is 19.4. The van der Waals surface area contributed by atoms with Crippen LogP contribution in [0.3, 0.4) is 0 Å². The summed E-state index contributed by atoms with van der Waals surface area (Å²) in [4.78, 5) is 59.6. The van der Waals surface area contributed by atoms with Crippen molar-refractivity contribution < 1.29 is 42.2 Å². The first-order chi connectivity index (χ1) is 26.9. The van der Waals surface area contributed by atoms with Gasteiger partial charge in [0.2, 0.25) is 11.8 Å². The highest BCUT2D eigenvalue weighted by molar-refractivity contribution is 6.06. The molecule has 2 aromatic heterocycles. The molecule has 3 N–H and O–H groups in total. The summed E-state index contributed by atoms with van der Waals surface area (Å²) in [5, 5.41) is 21.6. The lowest BCUT2D eigenvalue weighted by molar-refractivity contribution is -0.141. The molecule has 8 rings (SSSR count). The maximum absolute atomic E-state index is 13.2. The second kappa shape index (κ2) is 14.8. The van der Waals surface area contributed by atoms with Crippen LogP contribution in [-0.4, -0.2) is 99.2 Å². The standard InChI is InChI=1S/C39H41F3N8O6/c1-56-32-19-29-23(17-30(32)44-35(52)28-3-2-4-33(43-28)39(40,41)42)21-49(46-29)24-11-13-47(14-12-24)20-22-9-15-48(16-10-22)25-5-6-26-27(18-25)38(55)50(37(26)54)31-7-8-34(51)45-36(31)53/h2-6,17-19,21-22,24,31,38,55H,7-16,20H2,1H3,(H,44,52)(H,45,51,53). The molecule has 0 aliphatic carbocycles. The largest absolute Gasteiger partial charge is 0.494 e. The number of piperidine rings is 3. The van der Waals surface area contributed by atoms with E-state index in [1.54, 1.807) is 18.2 Å². The van der Waals surface area contributed by atoms with Crippen LogP contribution in [0.1, 0.15) is 82.9 Å². The number of aromatic nitrogens is 3. The maximum Gasteiger partial charge on any atom is 0.433 e. The van der Waals surface area contributed by atoms with Crippen molar-refractivity contribution in [1.82, 2.24) is 29.9 Å². The van der Waals surface area contributed by atoms with E-state index in [2.05, 4.69) is 25.4 Å². The Kier molecular flexibility index (Phi) is 9.90. The predicted molar refractivity (Wildman–Crippen MR) is 197 cm³/mol. The fourth-order valence-corrected chi connectivity index (χ4v) is 8.35. The molecule has 4 aliphatic heterocycles. The lowest BCUT2D eigenvalue weighted by Gasteiger charge is -2.38. The number of amides is 4. The Morgan fingerprint density at radius 3 is 2.48 bits per heavy atom. The molecule has 0 radical (unpaired) electrons. The number of hydrogen-bond acceptors (Lipinski definition) is 10. The van der Waals surface area contributed by atoms with Crippen LogP contribution >= 0.6 is 0 Å². The first-order valence-electron chi connectivity index (χ1n) is 18.7. The average Bonchev–Trinajstić information content (AvgIpc) is 3.71. The number of aliphatic hydroxyl groups excluding tert-OH is 1. The molecule has 2 atom stereocenters. The van der Waals surface area contributed by atoms with Crippen LogP contribution in [0.15, 0.2) is 54.7 Å². The van der Waals surface area contributed by atoms with Crippen LogP contribution in [0.25, 0.3) is 10.9 Å². The first-order valence-corrected chi connectivity index (χ1v) is 18.7. The van der Waals surface area contributed by atoms with Gasteiger partial charge in [-0.1, -0.05) is 6.07 Å². The Balaban J connectivity index is 0.841. The smallest absolute Gasteiger partial charge is 0.433 e. The molecule has 17 heteroatoms. The third kappa shape index (κ3) is 7.28. The van der Waals surface area contributed by atoms with Gasteiger partial charge in [-0.2, -0.15) is 18.3 Å². The van der Waals surface area contributed by atoms with Gasteiger partial charge in [0, 0.05) is 73.6 Å². The van der Waals surface area contributed by atoms with Crippen LogP contribution in [0, 0.1) is 5.92 Å². The van der Waals surface area contributed by atoms with Crippen LogP contribution < -0.4 is 20.3 Å². The van der Waals surface area contributed by atoms with Crippen molar-refractivity contribution in [3.05, 3.63) is 77.2 Å². The summed E-state index contributed by atoms with van der Waals surface area (Å²) in [5.41, 5.74) is 1.22. The van der Waals surface area contributed by atoms with Gasteiger partial charge in [0.25, 0.3) is 11.8 Å². The molecule has 4 amide bonds. The Hall–Kier alpha value is -5.55. The summed E-state index contributed by atoms with van der Waals surface area (Å²) in [5.74, 6) is -1.31. The van der Waals surface area contributed by atoms with Gasteiger partial charge < -0.3 is 25.0 Å². The molecule has 0 bridgehead atoms. The van der Waals surface area contributed by atoms with Gasteiger partial charge in [0.05, 0.1) is 24.4 Å². The molecule has 4 aromatic rings. The molecular formula is C39H41F3N8O6. The van der Waals surface area contributed by atoms with E-state index in [4.69, 9.17) is 9.84 Å². The minimum Gasteiger partial charge on any atom is -0.494 e. The molecule has 6 heterocycles. The number of ether oxygens (including phenoxy) is 1. The quantitative estimate of drug-likeness (QED) is 0.217. The van der Waals surface area contributed by atoms with Crippen molar-refractivity contribution in [1.29, 1.82) is 0 Å². The zero-order chi connectivity index (χ0) is 39.3. The average molecular weight is 775 g/mol. The Morgan fingerprint density at radius 1 is 1.00 bits per heavy atom. The number of imide groups is 1. The van der Waals surface area contributed by atoms with E-state index in [-0.39, 0.29) is 30.5 Å². The molecule has 56 heavy (non-hydrogen) atoms. The van der Waals surface area contributed by atoms with Crippen molar-refractivity contribution >= 4 is 45.9 Å². The molecule has 2 aromatic carbocycles. The minimum atomic E-state index is -4.67. The number of aliphatic hydroxyl groups is 1. The van der Waals surface area contributed by atoms with E-state index in [1.165, 1.54) is 18.1 Å². The second-order valence-electron chi connectivity index (χ2n) is 14.9. The number of nitrogens with zero attached hydrogens (tertiary/aromatic N) is 6. The van der Waals surface area contributed by atoms with Crippen molar-refractivity contribution in [3.8, 4) is 5.75 Å². The number of carbonyl (C=O) groups is 4. The normalized spacial score (nSPS) is 21.4. The molecule has 2 unspecified atom stereocenters. The number of rotatable bonds is 8. The molecule has 0 saturated carbocycles. The van der Waals surface area contributed by atoms with Gasteiger partial charge in [0.15, 0.2) is 6.23 Å². The number of methoxy groups -OCH3 is 1. The second-order valence-corrected chi connectivity index (χ2v) is 14.9. The zero-order valence-electron chi connectivity index (χ0n) is 30.6. The highest BCUT2D eigenvalue weighted by Gasteiger charge is 2.44. The highest BCUT2D eigenvalue weighted by Crippen LogP contribution is 2.39. The van der Waals surface area contributed by atoms with Gasteiger partial charge in [-0.3, -0.25) is 34.1 Å². The van der Waals surface area contributed by atoms with Gasteiger partial charge >= 0.3 is 6.18 Å². The summed E-state index contributed by atoms with van der Waals surface area (Å²) >= 11 is 0. The molecular weight excluding hydrogens is 733 g/mol. The number of carbonyl (C=O) groups excluding carboxylic acids is 4. The third-order valence-electron chi connectivity index (χ3n) is 11.4. The maximum atomic E-state index is 13.2. The topological polar surface area (TPSA) is 162 Å². The molecule has 0 spiro atoms. The molecule has 294 valence electrons. The number of halogens is 3. The number of anilines is 2. The van der Waals surface area contributed by atoms with Crippen molar-refractivity contribution in [2.75, 3.05) is 50.1 Å².